The monoisotopic (exact) mass is 282 g/mol. The minimum atomic E-state index is -0.513. The molecular formula is C10H7BrN2O3. The van der Waals surface area contributed by atoms with E-state index in [-0.39, 0.29) is 11.2 Å². The van der Waals surface area contributed by atoms with Crippen molar-refractivity contribution in [3.05, 3.63) is 49.3 Å². The summed E-state index contributed by atoms with van der Waals surface area (Å²) in [6, 6.07) is 6.00. The van der Waals surface area contributed by atoms with Crippen LogP contribution in [0.1, 0.15) is 0 Å². The van der Waals surface area contributed by atoms with Crippen LogP contribution < -0.4 is 5.56 Å². The fraction of sp³-hybridized carbons (Fsp3) is 0.100. The molecule has 82 valence electrons. The first kappa shape index (κ1) is 10.8. The Hall–Kier alpha value is -1.69. The first-order valence-electron chi connectivity index (χ1n) is 4.44. The second-order valence-corrected chi connectivity index (χ2v) is 4.17. The molecule has 2 rings (SSSR count). The fourth-order valence-corrected chi connectivity index (χ4v) is 1.88. The summed E-state index contributed by atoms with van der Waals surface area (Å²) in [4.78, 5) is 21.9. The molecule has 0 N–H and O–H groups in total. The molecule has 0 amide bonds. The molecule has 0 aliphatic carbocycles. The Kier molecular flexibility index (Phi) is 2.51. The summed E-state index contributed by atoms with van der Waals surface area (Å²) in [5.74, 6) is 0. The van der Waals surface area contributed by atoms with Crippen LogP contribution in [-0.2, 0) is 7.05 Å². The molecule has 6 heteroatoms. The fourth-order valence-electron chi connectivity index (χ4n) is 1.47. The lowest BCUT2D eigenvalue weighted by molar-refractivity contribution is -0.384. The van der Waals surface area contributed by atoms with Crippen LogP contribution in [-0.4, -0.2) is 9.49 Å². The van der Waals surface area contributed by atoms with Crippen molar-refractivity contribution in [2.75, 3.05) is 0 Å². The molecule has 0 aliphatic heterocycles. The molecular weight excluding hydrogens is 276 g/mol. The lowest BCUT2D eigenvalue weighted by Gasteiger charge is -2.04. The number of pyridine rings is 1. The highest BCUT2D eigenvalue weighted by molar-refractivity contribution is 9.10. The highest BCUT2D eigenvalue weighted by Gasteiger charge is 2.10. The van der Waals surface area contributed by atoms with Gasteiger partial charge in [-0.3, -0.25) is 14.9 Å². The third-order valence-electron chi connectivity index (χ3n) is 2.38. The summed E-state index contributed by atoms with van der Waals surface area (Å²) in [5.41, 5.74) is -0.333. The Morgan fingerprint density at radius 1 is 1.38 bits per heavy atom. The Balaban J connectivity index is 2.88. The van der Waals surface area contributed by atoms with E-state index in [1.54, 1.807) is 19.2 Å². The van der Waals surface area contributed by atoms with Gasteiger partial charge in [-0.05, 0) is 33.4 Å². The summed E-state index contributed by atoms with van der Waals surface area (Å²) < 4.78 is 2.03. The van der Waals surface area contributed by atoms with Crippen molar-refractivity contribution in [3.63, 3.8) is 0 Å². The van der Waals surface area contributed by atoms with Crippen molar-refractivity contribution in [2.45, 2.75) is 0 Å². The van der Waals surface area contributed by atoms with Crippen molar-refractivity contribution in [1.29, 1.82) is 0 Å². The molecule has 16 heavy (non-hydrogen) atoms. The van der Waals surface area contributed by atoms with E-state index in [1.165, 1.54) is 16.7 Å². The zero-order chi connectivity index (χ0) is 11.9. The third-order valence-corrected chi connectivity index (χ3v) is 3.14. The molecule has 0 fully saturated rings. The van der Waals surface area contributed by atoms with Crippen molar-refractivity contribution < 1.29 is 4.92 Å². The summed E-state index contributed by atoms with van der Waals surface area (Å²) in [6.45, 7) is 0. The molecule has 1 aromatic carbocycles. The second kappa shape index (κ2) is 3.71. The van der Waals surface area contributed by atoms with Gasteiger partial charge in [-0.25, -0.2) is 0 Å². The van der Waals surface area contributed by atoms with E-state index < -0.39 is 4.92 Å². The summed E-state index contributed by atoms with van der Waals surface area (Å²) in [6.07, 6.45) is 0. The topological polar surface area (TPSA) is 65.1 Å². The number of nitro groups is 1. The molecule has 0 saturated carbocycles. The smallest absolute Gasteiger partial charge is 0.270 e. The van der Waals surface area contributed by atoms with Crippen LogP contribution in [0.4, 0.5) is 5.69 Å². The summed E-state index contributed by atoms with van der Waals surface area (Å²) >= 11 is 3.24. The van der Waals surface area contributed by atoms with E-state index in [4.69, 9.17) is 0 Å². The molecule has 5 nitrogen and oxygen atoms in total. The minimum absolute atomic E-state index is 0.0769. The Bertz CT molecular complexity index is 648. The standard InChI is InChI=1S/C10H7BrN2O3/c1-12-9(11)4-6-2-3-7(13(15)16)5-8(6)10(12)14/h2-5H,1H3. The number of fused-ring (bicyclic) bond motifs is 1. The predicted octanol–water partition coefficient (Wildman–Crippen LogP) is 2.21. The van der Waals surface area contributed by atoms with Gasteiger partial charge in [-0.2, -0.15) is 0 Å². The average molecular weight is 283 g/mol. The van der Waals surface area contributed by atoms with E-state index in [0.717, 1.165) is 0 Å². The van der Waals surface area contributed by atoms with Gasteiger partial charge in [0.15, 0.2) is 0 Å². The molecule has 0 spiro atoms. The molecule has 1 heterocycles. The predicted molar refractivity (Wildman–Crippen MR) is 63.5 cm³/mol. The normalized spacial score (nSPS) is 10.6. The molecule has 0 saturated heterocycles. The summed E-state index contributed by atoms with van der Waals surface area (Å²) in [7, 11) is 1.60. The van der Waals surface area contributed by atoms with Gasteiger partial charge in [0.1, 0.15) is 0 Å². The molecule has 2 aromatic rings. The lowest BCUT2D eigenvalue weighted by atomic mass is 10.1. The van der Waals surface area contributed by atoms with Crippen LogP contribution in [0, 0.1) is 10.1 Å². The number of hydrogen-bond acceptors (Lipinski definition) is 3. The van der Waals surface area contributed by atoms with Crippen LogP contribution in [0.5, 0.6) is 0 Å². The van der Waals surface area contributed by atoms with Crippen LogP contribution in [0.2, 0.25) is 0 Å². The Morgan fingerprint density at radius 2 is 2.06 bits per heavy atom. The zero-order valence-corrected chi connectivity index (χ0v) is 9.89. The molecule has 0 unspecified atom stereocenters. The number of nitro benzene ring substituents is 1. The minimum Gasteiger partial charge on any atom is -0.305 e. The van der Waals surface area contributed by atoms with Crippen molar-refractivity contribution in [3.8, 4) is 0 Å². The quantitative estimate of drug-likeness (QED) is 0.458. The first-order chi connectivity index (χ1) is 7.50. The Labute approximate surface area is 98.6 Å². The number of nitrogens with zero attached hydrogens (tertiary/aromatic N) is 2. The number of halogens is 1. The maximum atomic E-state index is 11.8. The lowest BCUT2D eigenvalue weighted by Crippen LogP contribution is -2.17. The van der Waals surface area contributed by atoms with Gasteiger partial charge in [-0.15, -0.1) is 0 Å². The van der Waals surface area contributed by atoms with Gasteiger partial charge in [0.05, 0.1) is 14.9 Å². The van der Waals surface area contributed by atoms with Crippen LogP contribution >= 0.6 is 15.9 Å². The largest absolute Gasteiger partial charge is 0.305 e. The molecule has 0 atom stereocenters. The Morgan fingerprint density at radius 3 is 2.69 bits per heavy atom. The maximum Gasteiger partial charge on any atom is 0.270 e. The van der Waals surface area contributed by atoms with Crippen LogP contribution in [0.3, 0.4) is 0 Å². The number of benzene rings is 1. The van der Waals surface area contributed by atoms with Crippen molar-refractivity contribution >= 4 is 32.4 Å². The first-order valence-corrected chi connectivity index (χ1v) is 5.23. The second-order valence-electron chi connectivity index (χ2n) is 3.36. The number of aromatic nitrogens is 1. The van der Waals surface area contributed by atoms with E-state index >= 15 is 0 Å². The maximum absolute atomic E-state index is 11.8. The van der Waals surface area contributed by atoms with E-state index in [1.807, 2.05) is 0 Å². The molecule has 1 aromatic heterocycles. The van der Waals surface area contributed by atoms with Gasteiger partial charge in [0.25, 0.3) is 11.2 Å². The van der Waals surface area contributed by atoms with Crippen molar-refractivity contribution in [2.24, 2.45) is 7.05 Å². The van der Waals surface area contributed by atoms with Gasteiger partial charge in [-0.1, -0.05) is 0 Å². The molecule has 0 radical (unpaired) electrons. The summed E-state index contributed by atoms with van der Waals surface area (Å²) in [5, 5.41) is 11.6. The third kappa shape index (κ3) is 1.61. The van der Waals surface area contributed by atoms with Gasteiger partial charge < -0.3 is 4.57 Å². The van der Waals surface area contributed by atoms with E-state index in [0.29, 0.717) is 15.4 Å². The van der Waals surface area contributed by atoms with Gasteiger partial charge in [0, 0.05) is 19.2 Å². The highest BCUT2D eigenvalue weighted by atomic mass is 79.9. The molecule has 0 aliphatic rings. The number of non-ortho nitro benzene ring substituents is 1. The van der Waals surface area contributed by atoms with E-state index in [2.05, 4.69) is 15.9 Å². The van der Waals surface area contributed by atoms with Gasteiger partial charge >= 0.3 is 0 Å². The van der Waals surface area contributed by atoms with Crippen molar-refractivity contribution in [1.82, 2.24) is 4.57 Å². The number of rotatable bonds is 1. The average Bonchev–Trinajstić information content (AvgIpc) is 2.25. The van der Waals surface area contributed by atoms with Crippen LogP contribution in [0.25, 0.3) is 10.8 Å². The SMILES string of the molecule is Cn1c(Br)cc2ccc([N+](=O)[O-])cc2c1=O. The van der Waals surface area contributed by atoms with Crippen LogP contribution in [0.15, 0.2) is 33.7 Å². The zero-order valence-electron chi connectivity index (χ0n) is 8.31. The van der Waals surface area contributed by atoms with Gasteiger partial charge in [0.2, 0.25) is 0 Å². The molecule has 0 bridgehead atoms. The van der Waals surface area contributed by atoms with E-state index in [9.17, 15) is 14.9 Å². The highest BCUT2D eigenvalue weighted by Crippen LogP contribution is 2.20. The number of hydrogen-bond donors (Lipinski definition) is 0.